The second kappa shape index (κ2) is 4.58. The molecule has 0 atom stereocenters. The molecule has 2 aromatic rings. The third kappa shape index (κ3) is 2.16. The van der Waals surface area contributed by atoms with E-state index in [0.717, 1.165) is 25.9 Å². The Morgan fingerprint density at radius 1 is 1.18 bits per heavy atom. The summed E-state index contributed by atoms with van der Waals surface area (Å²) in [6.07, 6.45) is 6.95. The standard InChI is InChI=1S/C11H13N5O/c1-3-12-4-2-8(1)10-15-16-11(17-10)9-7-13-5-6-14-9/h5-8,12H,1-4H2. The molecule has 17 heavy (non-hydrogen) atoms. The molecule has 0 unspecified atom stereocenters. The van der Waals surface area contributed by atoms with E-state index in [-0.39, 0.29) is 0 Å². The van der Waals surface area contributed by atoms with Crippen molar-refractivity contribution >= 4 is 0 Å². The third-order valence-corrected chi connectivity index (χ3v) is 2.91. The van der Waals surface area contributed by atoms with Crippen molar-refractivity contribution in [1.82, 2.24) is 25.5 Å². The van der Waals surface area contributed by atoms with Crippen LogP contribution in [-0.4, -0.2) is 33.3 Å². The van der Waals surface area contributed by atoms with Crippen molar-refractivity contribution in [3.8, 4) is 11.6 Å². The number of nitrogens with one attached hydrogen (secondary N) is 1. The van der Waals surface area contributed by atoms with Crippen LogP contribution in [-0.2, 0) is 0 Å². The lowest BCUT2D eigenvalue weighted by molar-refractivity contribution is 0.378. The number of aromatic nitrogens is 4. The fraction of sp³-hybridized carbons (Fsp3) is 0.455. The molecule has 1 N–H and O–H groups in total. The van der Waals surface area contributed by atoms with Gasteiger partial charge in [0.05, 0.1) is 6.20 Å². The maximum atomic E-state index is 5.66. The van der Waals surface area contributed by atoms with E-state index >= 15 is 0 Å². The SMILES string of the molecule is c1cnc(-c2nnc(C3CCNCC3)o2)cn1. The molecule has 6 nitrogen and oxygen atoms in total. The van der Waals surface area contributed by atoms with Gasteiger partial charge in [0.25, 0.3) is 5.89 Å². The summed E-state index contributed by atoms with van der Waals surface area (Å²) in [7, 11) is 0. The maximum absolute atomic E-state index is 5.66. The van der Waals surface area contributed by atoms with Crippen LogP contribution in [0.4, 0.5) is 0 Å². The molecule has 0 bridgehead atoms. The number of hydrogen-bond acceptors (Lipinski definition) is 6. The number of rotatable bonds is 2. The van der Waals surface area contributed by atoms with Crippen LogP contribution in [0.2, 0.25) is 0 Å². The molecule has 1 aliphatic heterocycles. The van der Waals surface area contributed by atoms with Crippen LogP contribution in [0.15, 0.2) is 23.0 Å². The van der Waals surface area contributed by atoms with E-state index < -0.39 is 0 Å². The van der Waals surface area contributed by atoms with Gasteiger partial charge in [-0.15, -0.1) is 10.2 Å². The zero-order valence-electron chi connectivity index (χ0n) is 9.33. The third-order valence-electron chi connectivity index (χ3n) is 2.91. The molecule has 0 radical (unpaired) electrons. The Hall–Kier alpha value is -1.82. The Morgan fingerprint density at radius 2 is 2.06 bits per heavy atom. The molecule has 0 aromatic carbocycles. The van der Waals surface area contributed by atoms with Crippen LogP contribution in [0, 0.1) is 0 Å². The molecule has 1 saturated heterocycles. The normalized spacial score (nSPS) is 17.2. The highest BCUT2D eigenvalue weighted by Gasteiger charge is 2.21. The lowest BCUT2D eigenvalue weighted by atomic mass is 9.98. The maximum Gasteiger partial charge on any atom is 0.267 e. The first-order chi connectivity index (χ1) is 8.43. The van der Waals surface area contributed by atoms with E-state index in [4.69, 9.17) is 4.42 Å². The molecule has 3 heterocycles. The lowest BCUT2D eigenvalue weighted by Crippen LogP contribution is -2.26. The first-order valence-electron chi connectivity index (χ1n) is 5.74. The molecule has 1 fully saturated rings. The van der Waals surface area contributed by atoms with E-state index in [9.17, 15) is 0 Å². The number of piperidine rings is 1. The average molecular weight is 231 g/mol. The summed E-state index contributed by atoms with van der Waals surface area (Å²) in [6, 6.07) is 0. The van der Waals surface area contributed by atoms with Crippen molar-refractivity contribution < 1.29 is 4.42 Å². The van der Waals surface area contributed by atoms with Crippen molar-refractivity contribution in [2.24, 2.45) is 0 Å². The largest absolute Gasteiger partial charge is 0.419 e. The van der Waals surface area contributed by atoms with Crippen molar-refractivity contribution in [2.45, 2.75) is 18.8 Å². The first-order valence-corrected chi connectivity index (χ1v) is 5.74. The van der Waals surface area contributed by atoms with Crippen molar-refractivity contribution in [1.29, 1.82) is 0 Å². The van der Waals surface area contributed by atoms with E-state index in [1.54, 1.807) is 18.6 Å². The van der Waals surface area contributed by atoms with Crippen LogP contribution in [0.1, 0.15) is 24.7 Å². The quantitative estimate of drug-likeness (QED) is 0.830. The van der Waals surface area contributed by atoms with Crippen LogP contribution < -0.4 is 5.32 Å². The van der Waals surface area contributed by atoms with Gasteiger partial charge in [-0.3, -0.25) is 4.98 Å². The summed E-state index contributed by atoms with van der Waals surface area (Å²) < 4.78 is 5.66. The van der Waals surface area contributed by atoms with Crippen molar-refractivity contribution in [2.75, 3.05) is 13.1 Å². The molecule has 1 aliphatic rings. The monoisotopic (exact) mass is 231 g/mol. The van der Waals surface area contributed by atoms with Gasteiger partial charge in [-0.1, -0.05) is 0 Å². The lowest BCUT2D eigenvalue weighted by Gasteiger charge is -2.18. The molecule has 0 spiro atoms. The highest BCUT2D eigenvalue weighted by molar-refractivity contribution is 5.43. The first kappa shape index (κ1) is 10.3. The summed E-state index contributed by atoms with van der Waals surface area (Å²) in [5.41, 5.74) is 0.625. The summed E-state index contributed by atoms with van der Waals surface area (Å²) in [5, 5.41) is 11.4. The van der Waals surface area contributed by atoms with Crippen molar-refractivity contribution in [3.05, 3.63) is 24.5 Å². The van der Waals surface area contributed by atoms with Crippen molar-refractivity contribution in [3.63, 3.8) is 0 Å². The molecule has 0 aliphatic carbocycles. The Morgan fingerprint density at radius 3 is 2.82 bits per heavy atom. The van der Waals surface area contributed by atoms with Crippen LogP contribution in [0.3, 0.4) is 0 Å². The van der Waals surface area contributed by atoms with Gasteiger partial charge in [-0.05, 0) is 25.9 Å². The minimum atomic E-state index is 0.370. The molecule has 3 rings (SSSR count). The minimum absolute atomic E-state index is 0.370. The summed E-state index contributed by atoms with van der Waals surface area (Å²) in [6.45, 7) is 2.01. The van der Waals surface area contributed by atoms with E-state index in [1.807, 2.05) is 0 Å². The molecule has 6 heteroatoms. The van der Waals surface area contributed by atoms with Gasteiger partial charge in [0, 0.05) is 18.3 Å². The van der Waals surface area contributed by atoms with Gasteiger partial charge >= 0.3 is 0 Å². The summed E-state index contributed by atoms with van der Waals surface area (Å²) in [4.78, 5) is 8.12. The molecule has 2 aromatic heterocycles. The van der Waals surface area contributed by atoms with Gasteiger partial charge in [-0.25, -0.2) is 4.98 Å². The molecular weight excluding hydrogens is 218 g/mol. The second-order valence-electron chi connectivity index (χ2n) is 4.06. The van der Waals surface area contributed by atoms with Gasteiger partial charge in [0.1, 0.15) is 5.69 Å². The summed E-state index contributed by atoms with van der Waals surface area (Å²) >= 11 is 0. The van der Waals surface area contributed by atoms with Gasteiger partial charge in [0.2, 0.25) is 5.89 Å². The fourth-order valence-corrected chi connectivity index (χ4v) is 1.98. The van der Waals surface area contributed by atoms with Gasteiger partial charge < -0.3 is 9.73 Å². The average Bonchev–Trinajstić information content (AvgIpc) is 2.90. The smallest absolute Gasteiger partial charge is 0.267 e. The van der Waals surface area contributed by atoms with E-state index in [0.29, 0.717) is 23.4 Å². The molecular formula is C11H13N5O. The number of hydrogen-bond donors (Lipinski definition) is 1. The zero-order valence-corrected chi connectivity index (χ0v) is 9.33. The molecule has 88 valence electrons. The zero-order chi connectivity index (χ0) is 11.5. The molecule has 0 amide bonds. The van der Waals surface area contributed by atoms with E-state index in [1.165, 1.54) is 0 Å². The number of nitrogens with zero attached hydrogens (tertiary/aromatic N) is 4. The Labute approximate surface area is 98.5 Å². The predicted octanol–water partition coefficient (Wildman–Crippen LogP) is 0.994. The Balaban J connectivity index is 1.83. The van der Waals surface area contributed by atoms with Crippen LogP contribution >= 0.6 is 0 Å². The molecule has 0 saturated carbocycles. The topological polar surface area (TPSA) is 76.7 Å². The van der Waals surface area contributed by atoms with Crippen LogP contribution in [0.5, 0.6) is 0 Å². The summed E-state index contributed by atoms with van der Waals surface area (Å²) in [5.74, 6) is 1.54. The Kier molecular flexibility index (Phi) is 2.79. The second-order valence-corrected chi connectivity index (χ2v) is 4.06. The minimum Gasteiger partial charge on any atom is -0.419 e. The highest BCUT2D eigenvalue weighted by atomic mass is 16.4. The predicted molar refractivity (Wildman–Crippen MR) is 60.2 cm³/mol. The Bertz CT molecular complexity index is 478. The van der Waals surface area contributed by atoms with E-state index in [2.05, 4.69) is 25.5 Å². The highest BCUT2D eigenvalue weighted by Crippen LogP contribution is 2.25. The fourth-order valence-electron chi connectivity index (χ4n) is 1.98. The van der Waals surface area contributed by atoms with Crippen LogP contribution in [0.25, 0.3) is 11.6 Å². The van der Waals surface area contributed by atoms with Gasteiger partial charge in [0.15, 0.2) is 0 Å². The van der Waals surface area contributed by atoms with Gasteiger partial charge in [-0.2, -0.15) is 0 Å².